The monoisotopic (exact) mass is 294 g/mol. The molecule has 0 aliphatic rings. The zero-order valence-corrected chi connectivity index (χ0v) is 12.8. The quantitative estimate of drug-likeness (QED) is 0.928. The maximum absolute atomic E-state index is 12.6. The summed E-state index contributed by atoms with van der Waals surface area (Å²) in [6.45, 7) is 5.57. The van der Waals surface area contributed by atoms with Crippen molar-refractivity contribution < 1.29 is 8.42 Å². The number of aromatic amines is 1. The van der Waals surface area contributed by atoms with Crippen LogP contribution in [-0.2, 0) is 16.6 Å². The largest absolute Gasteiger partial charge is 0.263 e. The highest BCUT2D eigenvalue weighted by atomic mass is 32.2. The number of nitrogens with one attached hydrogen (secondary N) is 1. The van der Waals surface area contributed by atoms with E-state index >= 15 is 0 Å². The molecule has 6 nitrogen and oxygen atoms in total. The van der Waals surface area contributed by atoms with E-state index in [0.717, 1.165) is 11.1 Å². The molecule has 0 spiro atoms. The molecule has 2 rings (SSSR count). The van der Waals surface area contributed by atoms with E-state index in [9.17, 15) is 8.42 Å². The number of nitrogens with zero attached hydrogens (tertiary/aromatic N) is 3. The van der Waals surface area contributed by atoms with Crippen LogP contribution in [0, 0.1) is 20.8 Å². The van der Waals surface area contributed by atoms with Crippen molar-refractivity contribution in [3.05, 3.63) is 41.0 Å². The summed E-state index contributed by atoms with van der Waals surface area (Å²) >= 11 is 0. The molecule has 1 heterocycles. The second-order valence-electron chi connectivity index (χ2n) is 4.87. The Morgan fingerprint density at radius 3 is 2.55 bits per heavy atom. The number of rotatable bonds is 4. The van der Waals surface area contributed by atoms with E-state index < -0.39 is 10.0 Å². The number of benzene rings is 1. The normalized spacial score (nSPS) is 12.1. The van der Waals surface area contributed by atoms with E-state index in [4.69, 9.17) is 0 Å². The fraction of sp³-hybridized carbons (Fsp3) is 0.385. The molecule has 1 aromatic carbocycles. The number of sulfonamides is 1. The van der Waals surface area contributed by atoms with Crippen molar-refractivity contribution in [2.75, 3.05) is 7.05 Å². The van der Waals surface area contributed by atoms with Gasteiger partial charge in [-0.15, -0.1) is 0 Å². The summed E-state index contributed by atoms with van der Waals surface area (Å²) in [6.07, 6.45) is 0. The van der Waals surface area contributed by atoms with Crippen LogP contribution < -0.4 is 0 Å². The van der Waals surface area contributed by atoms with E-state index in [2.05, 4.69) is 15.2 Å². The van der Waals surface area contributed by atoms with Crippen LogP contribution in [0.5, 0.6) is 0 Å². The minimum absolute atomic E-state index is 0.139. The van der Waals surface area contributed by atoms with Crippen molar-refractivity contribution in [2.45, 2.75) is 32.2 Å². The van der Waals surface area contributed by atoms with Gasteiger partial charge in [0, 0.05) is 7.05 Å². The molecule has 0 radical (unpaired) electrons. The van der Waals surface area contributed by atoms with Crippen LogP contribution in [0.15, 0.2) is 23.1 Å². The Bertz CT molecular complexity index is 722. The molecular formula is C13H18N4O2S. The molecule has 0 amide bonds. The molecule has 0 bridgehead atoms. The SMILES string of the molecule is Cc1ccc(C)c(S(=O)(=O)N(C)Cc2n[nH]c(C)n2)c1. The van der Waals surface area contributed by atoms with Crippen molar-refractivity contribution >= 4 is 10.0 Å². The minimum atomic E-state index is -3.54. The van der Waals surface area contributed by atoms with Gasteiger partial charge in [-0.05, 0) is 38.0 Å². The molecule has 0 aliphatic carbocycles. The standard InChI is InChI=1S/C13H18N4O2S/c1-9-5-6-10(2)12(7-9)20(18,19)17(4)8-13-14-11(3)15-16-13/h5-7H,8H2,1-4H3,(H,14,15,16). The Morgan fingerprint density at radius 2 is 1.95 bits per heavy atom. The van der Waals surface area contributed by atoms with E-state index in [1.54, 1.807) is 19.9 Å². The zero-order chi connectivity index (χ0) is 14.9. The molecule has 0 saturated heterocycles. The van der Waals surface area contributed by atoms with Crippen LogP contribution >= 0.6 is 0 Å². The van der Waals surface area contributed by atoms with Gasteiger partial charge in [0.05, 0.1) is 11.4 Å². The van der Waals surface area contributed by atoms with Gasteiger partial charge in [-0.25, -0.2) is 13.4 Å². The van der Waals surface area contributed by atoms with Gasteiger partial charge in [-0.1, -0.05) is 12.1 Å². The first kappa shape index (κ1) is 14.7. The van der Waals surface area contributed by atoms with Gasteiger partial charge in [0.1, 0.15) is 5.82 Å². The minimum Gasteiger partial charge on any atom is -0.263 e. The predicted octanol–water partition coefficient (Wildman–Crippen LogP) is 1.55. The number of H-pyrrole nitrogens is 1. The third-order valence-electron chi connectivity index (χ3n) is 3.04. The van der Waals surface area contributed by atoms with E-state index in [1.165, 1.54) is 11.4 Å². The van der Waals surface area contributed by atoms with Crippen LogP contribution in [-0.4, -0.2) is 35.0 Å². The maximum atomic E-state index is 12.6. The van der Waals surface area contributed by atoms with E-state index in [-0.39, 0.29) is 6.54 Å². The lowest BCUT2D eigenvalue weighted by molar-refractivity contribution is 0.456. The Balaban J connectivity index is 2.32. The Labute approximate surface area is 118 Å². The molecule has 108 valence electrons. The molecule has 0 atom stereocenters. The molecule has 0 unspecified atom stereocenters. The average Bonchev–Trinajstić information content (AvgIpc) is 2.77. The summed E-state index contributed by atoms with van der Waals surface area (Å²) < 4.78 is 26.4. The third kappa shape index (κ3) is 2.88. The summed E-state index contributed by atoms with van der Waals surface area (Å²) in [7, 11) is -2.01. The van der Waals surface area contributed by atoms with Crippen molar-refractivity contribution in [1.29, 1.82) is 0 Å². The van der Waals surface area contributed by atoms with Gasteiger partial charge in [-0.2, -0.15) is 9.40 Å². The molecule has 0 saturated carbocycles. The van der Waals surface area contributed by atoms with Crippen molar-refractivity contribution in [2.24, 2.45) is 0 Å². The van der Waals surface area contributed by atoms with E-state index in [0.29, 0.717) is 16.5 Å². The van der Waals surface area contributed by atoms with Crippen LogP contribution in [0.3, 0.4) is 0 Å². The number of aryl methyl sites for hydroxylation is 3. The van der Waals surface area contributed by atoms with Gasteiger partial charge in [0.15, 0.2) is 5.82 Å². The Kier molecular flexibility index (Phi) is 3.92. The Hall–Kier alpha value is -1.73. The predicted molar refractivity (Wildman–Crippen MR) is 75.7 cm³/mol. The second kappa shape index (κ2) is 5.34. The van der Waals surface area contributed by atoms with Crippen LogP contribution in [0.4, 0.5) is 0 Å². The van der Waals surface area contributed by atoms with Crippen molar-refractivity contribution in [1.82, 2.24) is 19.5 Å². The van der Waals surface area contributed by atoms with Gasteiger partial charge < -0.3 is 0 Å². The molecular weight excluding hydrogens is 276 g/mol. The third-order valence-corrected chi connectivity index (χ3v) is 4.98. The lowest BCUT2D eigenvalue weighted by atomic mass is 10.2. The molecule has 0 aliphatic heterocycles. The summed E-state index contributed by atoms with van der Waals surface area (Å²) in [6, 6.07) is 5.39. The smallest absolute Gasteiger partial charge is 0.243 e. The zero-order valence-electron chi connectivity index (χ0n) is 12.0. The number of hydrogen-bond donors (Lipinski definition) is 1. The first-order chi connectivity index (χ1) is 9.30. The Morgan fingerprint density at radius 1 is 1.25 bits per heavy atom. The first-order valence-electron chi connectivity index (χ1n) is 6.22. The van der Waals surface area contributed by atoms with Crippen LogP contribution in [0.1, 0.15) is 22.8 Å². The molecule has 1 N–H and O–H groups in total. The summed E-state index contributed by atoms with van der Waals surface area (Å²) in [5.74, 6) is 1.12. The number of aromatic nitrogens is 3. The van der Waals surface area contributed by atoms with Gasteiger partial charge in [0.2, 0.25) is 10.0 Å². The highest BCUT2D eigenvalue weighted by molar-refractivity contribution is 7.89. The molecule has 20 heavy (non-hydrogen) atoms. The fourth-order valence-electron chi connectivity index (χ4n) is 1.90. The highest BCUT2D eigenvalue weighted by Crippen LogP contribution is 2.21. The molecule has 1 aromatic heterocycles. The van der Waals surface area contributed by atoms with Crippen molar-refractivity contribution in [3.63, 3.8) is 0 Å². The average molecular weight is 294 g/mol. The topological polar surface area (TPSA) is 79.0 Å². The summed E-state index contributed by atoms with van der Waals surface area (Å²) in [5.41, 5.74) is 1.64. The molecule has 2 aromatic rings. The fourth-order valence-corrected chi connectivity index (χ4v) is 3.33. The van der Waals surface area contributed by atoms with Crippen LogP contribution in [0.25, 0.3) is 0 Å². The molecule has 7 heteroatoms. The highest BCUT2D eigenvalue weighted by Gasteiger charge is 2.24. The van der Waals surface area contributed by atoms with Crippen LogP contribution in [0.2, 0.25) is 0 Å². The summed E-state index contributed by atoms with van der Waals surface area (Å²) in [5, 5.41) is 6.66. The van der Waals surface area contributed by atoms with Crippen molar-refractivity contribution in [3.8, 4) is 0 Å². The first-order valence-corrected chi connectivity index (χ1v) is 7.66. The lowest BCUT2D eigenvalue weighted by Gasteiger charge is -2.17. The van der Waals surface area contributed by atoms with E-state index in [1.807, 2.05) is 19.1 Å². The van der Waals surface area contributed by atoms with Gasteiger partial charge in [-0.3, -0.25) is 5.10 Å². The maximum Gasteiger partial charge on any atom is 0.243 e. The second-order valence-corrected chi connectivity index (χ2v) is 6.88. The molecule has 0 fully saturated rings. The summed E-state index contributed by atoms with van der Waals surface area (Å²) in [4.78, 5) is 4.45. The van der Waals surface area contributed by atoms with Gasteiger partial charge in [0.25, 0.3) is 0 Å². The number of hydrogen-bond acceptors (Lipinski definition) is 4. The van der Waals surface area contributed by atoms with Gasteiger partial charge >= 0.3 is 0 Å². The lowest BCUT2D eigenvalue weighted by Crippen LogP contribution is -2.27.